The monoisotopic (exact) mass is 257 g/mol. The number of carbonyl (C=O) groups excluding carboxylic acids is 1. The van der Waals surface area contributed by atoms with Gasteiger partial charge in [-0.2, -0.15) is 0 Å². The lowest BCUT2D eigenvalue weighted by Crippen LogP contribution is -2.51. The van der Waals surface area contributed by atoms with E-state index in [4.69, 9.17) is 5.73 Å². The third-order valence-electron chi connectivity index (χ3n) is 2.44. The number of amides is 1. The second kappa shape index (κ2) is 7.25. The molecule has 1 amide bonds. The van der Waals surface area contributed by atoms with Crippen molar-refractivity contribution in [3.8, 4) is 0 Å². The van der Waals surface area contributed by atoms with Crippen molar-refractivity contribution in [2.45, 2.75) is 38.8 Å². The van der Waals surface area contributed by atoms with E-state index < -0.39 is 5.54 Å². The van der Waals surface area contributed by atoms with Crippen molar-refractivity contribution >= 4 is 18.3 Å². The molecule has 1 aromatic heterocycles. The predicted molar refractivity (Wildman–Crippen MR) is 70.8 cm³/mol. The van der Waals surface area contributed by atoms with Crippen LogP contribution in [0.3, 0.4) is 0 Å². The van der Waals surface area contributed by atoms with Gasteiger partial charge in [0.05, 0.1) is 17.8 Å². The molecule has 0 fully saturated rings. The van der Waals surface area contributed by atoms with E-state index in [1.54, 1.807) is 13.1 Å². The highest BCUT2D eigenvalue weighted by Gasteiger charge is 2.26. The summed E-state index contributed by atoms with van der Waals surface area (Å²) in [5, 5.41) is 2.80. The minimum absolute atomic E-state index is 0. The summed E-state index contributed by atoms with van der Waals surface area (Å²) in [5.41, 5.74) is 5.95. The van der Waals surface area contributed by atoms with Crippen molar-refractivity contribution in [2.75, 3.05) is 0 Å². The van der Waals surface area contributed by atoms with Crippen LogP contribution in [0.4, 0.5) is 0 Å². The van der Waals surface area contributed by atoms with Crippen LogP contribution >= 0.6 is 12.4 Å². The van der Waals surface area contributed by atoms with Gasteiger partial charge in [-0.15, -0.1) is 12.4 Å². The SMILES string of the molecule is CCCC(C)(N)C(=O)NCc1ccccn1.Cl. The number of hydrogen-bond donors (Lipinski definition) is 2. The second-order valence-corrected chi connectivity index (χ2v) is 4.17. The molecule has 0 spiro atoms. The zero-order valence-corrected chi connectivity index (χ0v) is 11.1. The van der Waals surface area contributed by atoms with Gasteiger partial charge in [0.15, 0.2) is 0 Å². The molecule has 1 heterocycles. The van der Waals surface area contributed by atoms with E-state index in [1.807, 2.05) is 25.1 Å². The van der Waals surface area contributed by atoms with Gasteiger partial charge in [-0.3, -0.25) is 9.78 Å². The normalized spacial score (nSPS) is 13.4. The third-order valence-corrected chi connectivity index (χ3v) is 2.44. The zero-order valence-electron chi connectivity index (χ0n) is 10.3. The van der Waals surface area contributed by atoms with Gasteiger partial charge in [0.1, 0.15) is 0 Å². The summed E-state index contributed by atoms with van der Waals surface area (Å²) in [6.45, 7) is 4.19. The molecule has 0 aliphatic heterocycles. The summed E-state index contributed by atoms with van der Waals surface area (Å²) in [5.74, 6) is -0.125. The fourth-order valence-electron chi connectivity index (χ4n) is 1.51. The minimum Gasteiger partial charge on any atom is -0.349 e. The number of nitrogens with one attached hydrogen (secondary N) is 1. The van der Waals surface area contributed by atoms with Crippen LogP contribution in [0.1, 0.15) is 32.4 Å². The standard InChI is InChI=1S/C12H19N3O.ClH/c1-3-7-12(2,13)11(16)15-9-10-6-4-5-8-14-10;/h4-6,8H,3,7,9,13H2,1-2H3,(H,15,16);1H. The summed E-state index contributed by atoms with van der Waals surface area (Å²) >= 11 is 0. The summed E-state index contributed by atoms with van der Waals surface area (Å²) in [7, 11) is 0. The van der Waals surface area contributed by atoms with E-state index in [0.717, 1.165) is 12.1 Å². The molecule has 1 atom stereocenters. The molecule has 1 aromatic rings. The number of nitrogens with two attached hydrogens (primary N) is 1. The van der Waals surface area contributed by atoms with Gasteiger partial charge >= 0.3 is 0 Å². The van der Waals surface area contributed by atoms with Crippen LogP contribution in [0.25, 0.3) is 0 Å². The highest BCUT2D eigenvalue weighted by molar-refractivity contribution is 5.85. The molecule has 17 heavy (non-hydrogen) atoms. The van der Waals surface area contributed by atoms with Gasteiger partial charge < -0.3 is 11.1 Å². The number of halogens is 1. The van der Waals surface area contributed by atoms with Crippen molar-refractivity contribution in [1.29, 1.82) is 0 Å². The lowest BCUT2D eigenvalue weighted by molar-refractivity contribution is -0.126. The quantitative estimate of drug-likeness (QED) is 0.843. The average Bonchev–Trinajstić information content (AvgIpc) is 2.27. The van der Waals surface area contributed by atoms with Crippen LogP contribution in [0.5, 0.6) is 0 Å². The molecule has 0 aliphatic rings. The Labute approximate surface area is 108 Å². The first-order valence-corrected chi connectivity index (χ1v) is 5.53. The van der Waals surface area contributed by atoms with Crippen molar-refractivity contribution in [3.05, 3.63) is 30.1 Å². The topological polar surface area (TPSA) is 68.0 Å². The minimum atomic E-state index is -0.788. The largest absolute Gasteiger partial charge is 0.349 e. The number of carbonyl (C=O) groups is 1. The van der Waals surface area contributed by atoms with E-state index in [1.165, 1.54) is 0 Å². The number of nitrogens with zero attached hydrogens (tertiary/aromatic N) is 1. The molecule has 96 valence electrons. The number of rotatable bonds is 5. The van der Waals surface area contributed by atoms with Crippen molar-refractivity contribution in [1.82, 2.24) is 10.3 Å². The molecule has 1 unspecified atom stereocenters. The van der Waals surface area contributed by atoms with E-state index >= 15 is 0 Å². The molecule has 0 saturated carbocycles. The van der Waals surface area contributed by atoms with Crippen molar-refractivity contribution in [2.24, 2.45) is 5.73 Å². The van der Waals surface area contributed by atoms with Crippen LogP contribution in [0, 0.1) is 0 Å². The highest BCUT2D eigenvalue weighted by Crippen LogP contribution is 2.08. The number of aromatic nitrogens is 1. The van der Waals surface area contributed by atoms with Gasteiger partial charge in [0, 0.05) is 6.20 Å². The summed E-state index contributed by atoms with van der Waals surface area (Å²) in [4.78, 5) is 15.9. The third kappa shape index (κ3) is 5.15. The Bertz CT molecular complexity index is 341. The van der Waals surface area contributed by atoms with Gasteiger partial charge in [0.2, 0.25) is 5.91 Å². The molecular weight excluding hydrogens is 238 g/mol. The number of pyridine rings is 1. The van der Waals surface area contributed by atoms with Crippen LogP contribution < -0.4 is 11.1 Å². The first-order chi connectivity index (χ1) is 7.56. The summed E-state index contributed by atoms with van der Waals surface area (Å²) in [6.07, 6.45) is 3.28. The van der Waals surface area contributed by atoms with Crippen LogP contribution in [-0.2, 0) is 11.3 Å². The molecule has 4 nitrogen and oxygen atoms in total. The summed E-state index contributed by atoms with van der Waals surface area (Å²) < 4.78 is 0. The summed E-state index contributed by atoms with van der Waals surface area (Å²) in [6, 6.07) is 5.60. The lowest BCUT2D eigenvalue weighted by Gasteiger charge is -2.22. The predicted octanol–water partition coefficient (Wildman–Crippen LogP) is 1.64. The fourth-order valence-corrected chi connectivity index (χ4v) is 1.51. The van der Waals surface area contributed by atoms with Gasteiger partial charge in [0.25, 0.3) is 0 Å². The van der Waals surface area contributed by atoms with E-state index in [2.05, 4.69) is 10.3 Å². The van der Waals surface area contributed by atoms with E-state index in [-0.39, 0.29) is 18.3 Å². The van der Waals surface area contributed by atoms with Gasteiger partial charge in [-0.25, -0.2) is 0 Å². The Kier molecular flexibility index (Phi) is 6.76. The molecule has 0 radical (unpaired) electrons. The fraction of sp³-hybridized carbons (Fsp3) is 0.500. The molecular formula is C12H20ClN3O. The van der Waals surface area contributed by atoms with Gasteiger partial charge in [-0.1, -0.05) is 19.4 Å². The molecule has 0 saturated heterocycles. The van der Waals surface area contributed by atoms with Gasteiger partial charge in [-0.05, 0) is 25.5 Å². The lowest BCUT2D eigenvalue weighted by atomic mass is 9.96. The Morgan fingerprint density at radius 1 is 1.53 bits per heavy atom. The maximum absolute atomic E-state index is 11.8. The Balaban J connectivity index is 0.00000256. The Morgan fingerprint density at radius 3 is 2.76 bits per heavy atom. The maximum Gasteiger partial charge on any atom is 0.240 e. The molecule has 0 aromatic carbocycles. The van der Waals surface area contributed by atoms with Crippen molar-refractivity contribution < 1.29 is 4.79 Å². The Hall–Kier alpha value is -1.13. The maximum atomic E-state index is 11.8. The second-order valence-electron chi connectivity index (χ2n) is 4.17. The van der Waals surface area contributed by atoms with Crippen LogP contribution in [0.15, 0.2) is 24.4 Å². The Morgan fingerprint density at radius 2 is 2.24 bits per heavy atom. The first-order valence-electron chi connectivity index (χ1n) is 5.53. The molecule has 1 rings (SSSR count). The zero-order chi connectivity index (χ0) is 12.0. The molecule has 0 aliphatic carbocycles. The smallest absolute Gasteiger partial charge is 0.240 e. The number of hydrogen-bond acceptors (Lipinski definition) is 3. The van der Waals surface area contributed by atoms with E-state index in [0.29, 0.717) is 13.0 Å². The molecule has 5 heteroatoms. The average molecular weight is 258 g/mol. The highest BCUT2D eigenvalue weighted by atomic mass is 35.5. The molecule has 3 N–H and O–H groups in total. The van der Waals surface area contributed by atoms with Crippen molar-refractivity contribution in [3.63, 3.8) is 0 Å². The van der Waals surface area contributed by atoms with Crippen LogP contribution in [-0.4, -0.2) is 16.4 Å². The van der Waals surface area contributed by atoms with Crippen LogP contribution in [0.2, 0.25) is 0 Å². The first kappa shape index (κ1) is 15.9. The molecule has 0 bridgehead atoms. The van der Waals surface area contributed by atoms with E-state index in [9.17, 15) is 4.79 Å².